The lowest BCUT2D eigenvalue weighted by Crippen LogP contribution is -2.51. The highest BCUT2D eigenvalue weighted by Gasteiger charge is 2.45. The number of aryl methyl sites for hydroxylation is 1. The third-order valence-electron chi connectivity index (χ3n) is 4.30. The number of carbonyl (C=O) groups excluding carboxylic acids is 1. The van der Waals surface area contributed by atoms with E-state index in [4.69, 9.17) is 5.21 Å². The number of hydrogen-bond acceptors (Lipinski definition) is 5. The first kappa shape index (κ1) is 18.6. The zero-order valence-corrected chi connectivity index (χ0v) is 16.4. The summed E-state index contributed by atoms with van der Waals surface area (Å²) in [5.41, 5.74) is -0.626. The van der Waals surface area contributed by atoms with Crippen LogP contribution in [0.25, 0.3) is 9.75 Å². The molecule has 0 saturated carbocycles. The smallest absolute Gasteiger partial charge is 0.252 e. The maximum absolute atomic E-state index is 12.0. The van der Waals surface area contributed by atoms with Gasteiger partial charge in [-0.2, -0.15) is 0 Å². The summed E-state index contributed by atoms with van der Waals surface area (Å²) in [6.07, 6.45) is 1.10. The molecule has 3 N–H and O–H groups in total. The van der Waals surface area contributed by atoms with Gasteiger partial charge in [0.25, 0.3) is 5.91 Å². The Morgan fingerprint density at radius 1 is 1.17 bits per heavy atom. The van der Waals surface area contributed by atoms with E-state index in [2.05, 4.69) is 34.1 Å². The molecule has 2 rings (SSSR count). The van der Waals surface area contributed by atoms with Gasteiger partial charge in [0.15, 0.2) is 0 Å². The lowest BCUT2D eigenvalue weighted by atomic mass is 9.71. The number of nitrogens with one attached hydrogen (secondary N) is 1. The number of halogens is 1. The minimum atomic E-state index is -1.24. The predicted octanol–water partition coefficient (Wildman–Crippen LogP) is 4.45. The van der Waals surface area contributed by atoms with Crippen LogP contribution in [0.5, 0.6) is 0 Å². The summed E-state index contributed by atoms with van der Waals surface area (Å²) >= 11 is 6.83. The van der Waals surface area contributed by atoms with Crippen molar-refractivity contribution in [3.63, 3.8) is 0 Å². The average Bonchev–Trinajstić information content (AvgIpc) is 3.11. The number of hydroxylamine groups is 1. The molecule has 2 aromatic rings. The Labute approximate surface area is 152 Å². The topological polar surface area (TPSA) is 69.6 Å². The number of carbonyl (C=O) groups is 1. The lowest BCUT2D eigenvalue weighted by Gasteiger charge is -2.38. The first-order valence-electron chi connectivity index (χ1n) is 7.19. The van der Waals surface area contributed by atoms with E-state index in [-0.39, 0.29) is 0 Å². The average molecular weight is 418 g/mol. The van der Waals surface area contributed by atoms with Crippen LogP contribution in [0, 0.1) is 5.41 Å². The Bertz CT molecular complexity index is 690. The summed E-state index contributed by atoms with van der Waals surface area (Å²) in [4.78, 5) is 15.5. The Morgan fingerprint density at radius 2 is 1.78 bits per heavy atom. The number of hydrogen-bond donors (Lipinski definition) is 3. The van der Waals surface area contributed by atoms with Crippen molar-refractivity contribution in [2.24, 2.45) is 5.41 Å². The molecule has 1 atom stereocenters. The van der Waals surface area contributed by atoms with Crippen molar-refractivity contribution in [2.75, 3.05) is 0 Å². The van der Waals surface area contributed by atoms with Crippen LogP contribution in [0.4, 0.5) is 0 Å². The molecule has 2 heterocycles. The molecule has 0 saturated heterocycles. The van der Waals surface area contributed by atoms with Crippen molar-refractivity contribution in [1.82, 2.24) is 5.48 Å². The van der Waals surface area contributed by atoms with Crippen molar-refractivity contribution in [3.8, 4) is 9.75 Å². The monoisotopic (exact) mass is 417 g/mol. The standard InChI is InChI=1S/C16H20BrNO3S2/c1-15(2,20)16(3,14(19)18-21)9-8-10-4-5-11(22-10)12-6-7-13(17)23-12/h4-7,20-21H,8-9H2,1-3H3,(H,18,19). The Morgan fingerprint density at radius 3 is 2.30 bits per heavy atom. The second kappa shape index (κ2) is 7.03. The van der Waals surface area contributed by atoms with Gasteiger partial charge in [-0.15, -0.1) is 22.7 Å². The molecule has 0 radical (unpaired) electrons. The fourth-order valence-corrected chi connectivity index (χ4v) is 4.77. The van der Waals surface area contributed by atoms with Crippen LogP contribution in [0.1, 0.15) is 32.1 Å². The van der Waals surface area contributed by atoms with E-state index >= 15 is 0 Å². The van der Waals surface area contributed by atoms with Crippen LogP contribution < -0.4 is 5.48 Å². The van der Waals surface area contributed by atoms with Gasteiger partial charge in [0.1, 0.15) is 0 Å². The van der Waals surface area contributed by atoms with Gasteiger partial charge in [-0.3, -0.25) is 10.0 Å². The van der Waals surface area contributed by atoms with E-state index in [0.717, 1.165) is 8.66 Å². The molecule has 1 amide bonds. The van der Waals surface area contributed by atoms with Gasteiger partial charge < -0.3 is 5.11 Å². The molecule has 0 aliphatic rings. The SMILES string of the molecule is CC(C)(O)C(C)(CCc1ccc(-c2ccc(Br)s2)s1)C(=O)NO. The van der Waals surface area contributed by atoms with E-state index < -0.39 is 16.9 Å². The highest BCUT2D eigenvalue weighted by molar-refractivity contribution is 9.11. The van der Waals surface area contributed by atoms with Crippen LogP contribution in [-0.2, 0) is 11.2 Å². The fourth-order valence-electron chi connectivity index (χ4n) is 2.29. The van der Waals surface area contributed by atoms with Gasteiger partial charge in [-0.25, -0.2) is 5.48 Å². The molecule has 2 aromatic heterocycles. The minimum Gasteiger partial charge on any atom is -0.389 e. The van der Waals surface area contributed by atoms with Gasteiger partial charge >= 0.3 is 0 Å². The second-order valence-corrected chi connectivity index (χ2v) is 9.83. The fraction of sp³-hybridized carbons (Fsp3) is 0.438. The number of amides is 1. The maximum Gasteiger partial charge on any atom is 0.252 e. The molecule has 0 aliphatic heterocycles. The highest BCUT2D eigenvalue weighted by Crippen LogP contribution is 2.39. The van der Waals surface area contributed by atoms with E-state index in [1.54, 1.807) is 48.9 Å². The molecule has 4 nitrogen and oxygen atoms in total. The zero-order chi connectivity index (χ0) is 17.3. The van der Waals surface area contributed by atoms with Gasteiger partial charge in [0.05, 0.1) is 14.8 Å². The van der Waals surface area contributed by atoms with E-state index in [9.17, 15) is 9.90 Å². The van der Waals surface area contributed by atoms with Gasteiger partial charge in [0, 0.05) is 14.6 Å². The molecule has 0 bridgehead atoms. The van der Waals surface area contributed by atoms with Crippen molar-refractivity contribution in [2.45, 2.75) is 39.2 Å². The third-order valence-corrected chi connectivity index (χ3v) is 7.27. The van der Waals surface area contributed by atoms with Crippen molar-refractivity contribution < 1.29 is 15.1 Å². The van der Waals surface area contributed by atoms with Crippen LogP contribution >= 0.6 is 38.6 Å². The highest BCUT2D eigenvalue weighted by atomic mass is 79.9. The third kappa shape index (κ3) is 4.03. The van der Waals surface area contributed by atoms with Crippen molar-refractivity contribution in [1.29, 1.82) is 0 Å². The number of thiophene rings is 2. The molecule has 0 fully saturated rings. The molecule has 0 aromatic carbocycles. The van der Waals surface area contributed by atoms with Gasteiger partial charge in [0.2, 0.25) is 0 Å². The van der Waals surface area contributed by atoms with Crippen molar-refractivity contribution >= 4 is 44.5 Å². The van der Waals surface area contributed by atoms with E-state index in [1.165, 1.54) is 9.75 Å². The predicted molar refractivity (Wildman–Crippen MR) is 98.0 cm³/mol. The summed E-state index contributed by atoms with van der Waals surface area (Å²) in [6.45, 7) is 4.85. The summed E-state index contributed by atoms with van der Waals surface area (Å²) in [5, 5.41) is 19.3. The van der Waals surface area contributed by atoms with Gasteiger partial charge in [-0.05, 0) is 73.8 Å². The lowest BCUT2D eigenvalue weighted by molar-refractivity contribution is -0.154. The first-order chi connectivity index (χ1) is 10.7. The Hall–Kier alpha value is -0.730. The minimum absolute atomic E-state index is 0.441. The molecular formula is C16H20BrNO3S2. The van der Waals surface area contributed by atoms with Crippen LogP contribution in [0.3, 0.4) is 0 Å². The summed E-state index contributed by atoms with van der Waals surface area (Å²) in [6, 6.07) is 8.22. The Balaban J connectivity index is 2.13. The van der Waals surface area contributed by atoms with Crippen LogP contribution in [-0.4, -0.2) is 21.8 Å². The van der Waals surface area contributed by atoms with Crippen molar-refractivity contribution in [3.05, 3.63) is 32.9 Å². The maximum atomic E-state index is 12.0. The molecule has 1 unspecified atom stereocenters. The van der Waals surface area contributed by atoms with Crippen LogP contribution in [0.15, 0.2) is 28.1 Å². The molecule has 23 heavy (non-hydrogen) atoms. The molecule has 0 spiro atoms. The summed E-state index contributed by atoms with van der Waals surface area (Å²) in [7, 11) is 0. The second-order valence-electron chi connectivity index (χ2n) is 6.20. The van der Waals surface area contributed by atoms with E-state index in [1.807, 2.05) is 6.07 Å². The first-order valence-corrected chi connectivity index (χ1v) is 9.61. The number of rotatable bonds is 6. The molecule has 7 heteroatoms. The largest absolute Gasteiger partial charge is 0.389 e. The molecule has 0 aliphatic carbocycles. The molecular weight excluding hydrogens is 398 g/mol. The summed E-state index contributed by atoms with van der Waals surface area (Å²) < 4.78 is 1.09. The van der Waals surface area contributed by atoms with E-state index in [0.29, 0.717) is 12.8 Å². The van der Waals surface area contributed by atoms with Gasteiger partial charge in [-0.1, -0.05) is 0 Å². The normalized spacial score (nSPS) is 14.5. The summed E-state index contributed by atoms with van der Waals surface area (Å²) in [5.74, 6) is -0.566. The quantitative estimate of drug-likeness (QED) is 0.480. The van der Waals surface area contributed by atoms with Crippen LogP contribution in [0.2, 0.25) is 0 Å². The number of aliphatic hydroxyl groups is 1. The molecule has 126 valence electrons. The Kier molecular flexibility index (Phi) is 5.68. The zero-order valence-electron chi connectivity index (χ0n) is 13.2.